The highest BCUT2D eigenvalue weighted by Gasteiger charge is 2.31. The number of carbonyl (C=O) groups is 2. The molecule has 0 aromatic heterocycles. The van der Waals surface area contributed by atoms with E-state index in [-0.39, 0.29) is 11.8 Å². The van der Waals surface area contributed by atoms with Crippen LogP contribution in [-0.2, 0) is 16.0 Å². The zero-order valence-electron chi connectivity index (χ0n) is 14.2. The summed E-state index contributed by atoms with van der Waals surface area (Å²) in [5, 5.41) is 6.31. The average molecular weight is 329 g/mol. The molecule has 2 fully saturated rings. The van der Waals surface area contributed by atoms with Crippen molar-refractivity contribution in [2.75, 3.05) is 32.7 Å². The lowest BCUT2D eigenvalue weighted by atomic mass is 9.92. The maximum atomic E-state index is 12.4. The predicted molar refractivity (Wildman–Crippen MR) is 93.4 cm³/mol. The minimum absolute atomic E-state index is 0.0227. The summed E-state index contributed by atoms with van der Waals surface area (Å²) in [6.45, 7) is 4.35. The van der Waals surface area contributed by atoms with Crippen LogP contribution in [0, 0.1) is 11.8 Å². The molecule has 1 aromatic rings. The first kappa shape index (κ1) is 17.0. The third kappa shape index (κ3) is 4.57. The van der Waals surface area contributed by atoms with E-state index in [1.807, 2.05) is 35.2 Å². The first-order valence-electron chi connectivity index (χ1n) is 9.01. The van der Waals surface area contributed by atoms with Crippen LogP contribution in [-0.4, -0.2) is 49.4 Å². The molecule has 0 saturated carbocycles. The SMILES string of the molecule is O=C(Cc1ccccc1)NCCC(=O)N1CC[C@@H]2CNC[C@@H]2CC1. The van der Waals surface area contributed by atoms with Gasteiger partial charge in [0, 0.05) is 26.1 Å². The van der Waals surface area contributed by atoms with Gasteiger partial charge in [0.15, 0.2) is 0 Å². The Morgan fingerprint density at radius 2 is 1.75 bits per heavy atom. The fourth-order valence-electron chi connectivity index (χ4n) is 3.78. The Balaban J connectivity index is 1.37. The number of hydrogen-bond donors (Lipinski definition) is 2. The standard InChI is InChI=1S/C19H27N3O2/c23-18(12-15-4-2-1-3-5-15)21-9-6-19(24)22-10-7-16-13-20-14-17(16)8-11-22/h1-5,16-17,20H,6-14H2,(H,21,23)/t16-,17+. The van der Waals surface area contributed by atoms with Crippen LogP contribution in [0.4, 0.5) is 0 Å². The van der Waals surface area contributed by atoms with Crippen LogP contribution in [0.2, 0.25) is 0 Å². The van der Waals surface area contributed by atoms with Gasteiger partial charge in [-0.15, -0.1) is 0 Å². The number of likely N-dealkylation sites (tertiary alicyclic amines) is 1. The monoisotopic (exact) mass is 329 g/mol. The summed E-state index contributed by atoms with van der Waals surface area (Å²) in [7, 11) is 0. The minimum atomic E-state index is -0.0227. The molecule has 1 aromatic carbocycles. The van der Waals surface area contributed by atoms with E-state index >= 15 is 0 Å². The van der Waals surface area contributed by atoms with Gasteiger partial charge in [-0.1, -0.05) is 30.3 Å². The normalized spacial score (nSPS) is 23.4. The molecule has 130 valence electrons. The van der Waals surface area contributed by atoms with Crippen LogP contribution in [0.25, 0.3) is 0 Å². The maximum Gasteiger partial charge on any atom is 0.224 e. The summed E-state index contributed by atoms with van der Waals surface area (Å²) in [5.74, 6) is 1.61. The van der Waals surface area contributed by atoms with Crippen molar-refractivity contribution in [3.8, 4) is 0 Å². The number of nitrogens with one attached hydrogen (secondary N) is 2. The van der Waals surface area contributed by atoms with E-state index < -0.39 is 0 Å². The number of fused-ring (bicyclic) bond motifs is 1. The zero-order valence-corrected chi connectivity index (χ0v) is 14.2. The molecule has 2 aliphatic heterocycles. The van der Waals surface area contributed by atoms with Crippen molar-refractivity contribution < 1.29 is 9.59 Å². The van der Waals surface area contributed by atoms with Gasteiger partial charge in [0.1, 0.15) is 0 Å². The lowest BCUT2D eigenvalue weighted by molar-refractivity contribution is -0.131. The van der Waals surface area contributed by atoms with E-state index in [4.69, 9.17) is 0 Å². The Hall–Kier alpha value is -1.88. The number of nitrogens with zero attached hydrogens (tertiary/aromatic N) is 1. The third-order valence-corrected chi connectivity index (χ3v) is 5.24. The van der Waals surface area contributed by atoms with E-state index in [9.17, 15) is 9.59 Å². The lowest BCUT2D eigenvalue weighted by Crippen LogP contribution is -2.36. The van der Waals surface area contributed by atoms with Gasteiger partial charge in [0.2, 0.25) is 11.8 Å². The molecule has 2 saturated heterocycles. The van der Waals surface area contributed by atoms with Crippen LogP contribution in [0.3, 0.4) is 0 Å². The molecule has 2 atom stereocenters. The predicted octanol–water partition coefficient (Wildman–Crippen LogP) is 1.19. The van der Waals surface area contributed by atoms with Crippen LogP contribution in [0.1, 0.15) is 24.8 Å². The summed E-state index contributed by atoms with van der Waals surface area (Å²) in [6, 6.07) is 9.67. The van der Waals surface area contributed by atoms with Crippen LogP contribution >= 0.6 is 0 Å². The summed E-state index contributed by atoms with van der Waals surface area (Å²) < 4.78 is 0. The van der Waals surface area contributed by atoms with Gasteiger partial charge in [-0.25, -0.2) is 0 Å². The molecule has 2 heterocycles. The Kier molecular flexibility index (Phi) is 5.86. The van der Waals surface area contributed by atoms with E-state index in [1.54, 1.807) is 0 Å². The van der Waals surface area contributed by atoms with Crippen molar-refractivity contribution in [3.05, 3.63) is 35.9 Å². The number of amides is 2. The number of carbonyl (C=O) groups excluding carboxylic acids is 2. The Bertz CT molecular complexity index is 547. The lowest BCUT2D eigenvalue weighted by Gasteiger charge is -2.21. The first-order valence-corrected chi connectivity index (χ1v) is 9.01. The van der Waals surface area contributed by atoms with Gasteiger partial charge in [-0.3, -0.25) is 9.59 Å². The quantitative estimate of drug-likeness (QED) is 0.853. The molecule has 5 nitrogen and oxygen atoms in total. The van der Waals surface area contributed by atoms with Gasteiger partial charge in [0.25, 0.3) is 0 Å². The highest BCUT2D eigenvalue weighted by atomic mass is 16.2. The molecule has 0 radical (unpaired) electrons. The Labute approximate surface area is 143 Å². The summed E-state index contributed by atoms with van der Waals surface area (Å²) in [6.07, 6.45) is 2.97. The van der Waals surface area contributed by atoms with Crippen LogP contribution in [0.5, 0.6) is 0 Å². The minimum Gasteiger partial charge on any atom is -0.355 e. The van der Waals surface area contributed by atoms with Crippen molar-refractivity contribution in [3.63, 3.8) is 0 Å². The number of rotatable bonds is 5. The highest BCUT2D eigenvalue weighted by molar-refractivity contribution is 5.80. The molecule has 3 rings (SSSR count). The van der Waals surface area contributed by atoms with Crippen molar-refractivity contribution in [1.82, 2.24) is 15.5 Å². The molecule has 2 aliphatic rings. The van der Waals surface area contributed by atoms with Crippen molar-refractivity contribution >= 4 is 11.8 Å². The Morgan fingerprint density at radius 3 is 2.42 bits per heavy atom. The van der Waals surface area contributed by atoms with Crippen molar-refractivity contribution in [2.45, 2.75) is 25.7 Å². The van der Waals surface area contributed by atoms with Gasteiger partial charge in [-0.2, -0.15) is 0 Å². The van der Waals surface area contributed by atoms with E-state index in [0.29, 0.717) is 19.4 Å². The second-order valence-corrected chi connectivity index (χ2v) is 6.90. The second-order valence-electron chi connectivity index (χ2n) is 6.90. The van der Waals surface area contributed by atoms with Crippen LogP contribution < -0.4 is 10.6 Å². The first-order chi connectivity index (χ1) is 11.7. The zero-order chi connectivity index (χ0) is 16.8. The number of benzene rings is 1. The molecule has 24 heavy (non-hydrogen) atoms. The molecule has 0 bridgehead atoms. The van der Waals surface area contributed by atoms with Gasteiger partial charge in [-0.05, 0) is 43.3 Å². The fraction of sp³-hybridized carbons (Fsp3) is 0.579. The maximum absolute atomic E-state index is 12.4. The van der Waals surface area contributed by atoms with E-state index in [1.165, 1.54) is 0 Å². The highest BCUT2D eigenvalue weighted by Crippen LogP contribution is 2.27. The summed E-state index contributed by atoms with van der Waals surface area (Å²) in [5.41, 5.74) is 0.994. The molecular weight excluding hydrogens is 302 g/mol. The number of hydrogen-bond acceptors (Lipinski definition) is 3. The molecule has 0 spiro atoms. The topological polar surface area (TPSA) is 61.4 Å². The molecular formula is C19H27N3O2. The van der Waals surface area contributed by atoms with Crippen molar-refractivity contribution in [1.29, 1.82) is 0 Å². The van der Waals surface area contributed by atoms with Crippen molar-refractivity contribution in [2.24, 2.45) is 11.8 Å². The molecule has 2 amide bonds. The van der Waals surface area contributed by atoms with Gasteiger partial charge >= 0.3 is 0 Å². The van der Waals surface area contributed by atoms with Crippen LogP contribution in [0.15, 0.2) is 30.3 Å². The summed E-state index contributed by atoms with van der Waals surface area (Å²) >= 11 is 0. The third-order valence-electron chi connectivity index (χ3n) is 5.24. The molecule has 0 aliphatic carbocycles. The fourth-order valence-corrected chi connectivity index (χ4v) is 3.78. The Morgan fingerprint density at radius 1 is 1.08 bits per heavy atom. The summed E-state index contributed by atoms with van der Waals surface area (Å²) in [4.78, 5) is 26.3. The molecule has 5 heteroatoms. The second kappa shape index (κ2) is 8.29. The van der Waals surface area contributed by atoms with E-state index in [0.717, 1.165) is 56.4 Å². The van der Waals surface area contributed by atoms with Gasteiger partial charge < -0.3 is 15.5 Å². The smallest absolute Gasteiger partial charge is 0.224 e. The van der Waals surface area contributed by atoms with E-state index in [2.05, 4.69) is 10.6 Å². The molecule has 2 N–H and O–H groups in total. The molecule has 0 unspecified atom stereocenters. The van der Waals surface area contributed by atoms with Gasteiger partial charge in [0.05, 0.1) is 6.42 Å². The largest absolute Gasteiger partial charge is 0.355 e. The average Bonchev–Trinajstić information content (AvgIpc) is 2.94.